The van der Waals surface area contributed by atoms with Crippen LogP contribution in [-0.4, -0.2) is 38.6 Å². The zero-order chi connectivity index (χ0) is 15.3. The van der Waals surface area contributed by atoms with Crippen LogP contribution in [0.3, 0.4) is 0 Å². The zero-order valence-electron chi connectivity index (χ0n) is 11.3. The standard InChI is InChI=1S/C14H16N2O4S/c17-9-3-5-11-4-1-2-6-13(11)21(19,20)15-10-12-7-8-14(18)16-12/h1-2,4,6,12,15,17H,7-10H2,(H,16,18). The topological polar surface area (TPSA) is 95.5 Å². The molecule has 21 heavy (non-hydrogen) atoms. The van der Waals surface area contributed by atoms with Crippen LogP contribution in [0, 0.1) is 11.8 Å². The molecular weight excluding hydrogens is 292 g/mol. The van der Waals surface area contributed by atoms with Crippen molar-refractivity contribution in [3.05, 3.63) is 29.8 Å². The third-order valence-corrected chi connectivity index (χ3v) is 4.57. The summed E-state index contributed by atoms with van der Waals surface area (Å²) in [5.41, 5.74) is 0.328. The van der Waals surface area contributed by atoms with Crippen molar-refractivity contribution in [2.75, 3.05) is 13.2 Å². The van der Waals surface area contributed by atoms with E-state index in [1.54, 1.807) is 18.2 Å². The predicted molar refractivity (Wildman–Crippen MR) is 76.8 cm³/mol. The number of amides is 1. The largest absolute Gasteiger partial charge is 0.384 e. The molecule has 1 amide bonds. The molecule has 112 valence electrons. The molecule has 6 nitrogen and oxygen atoms in total. The average Bonchev–Trinajstić information content (AvgIpc) is 2.89. The third kappa shape index (κ3) is 4.04. The van der Waals surface area contributed by atoms with Gasteiger partial charge >= 0.3 is 0 Å². The van der Waals surface area contributed by atoms with E-state index in [1.165, 1.54) is 6.07 Å². The Labute approximate surface area is 123 Å². The number of aliphatic hydroxyl groups is 1. The van der Waals surface area contributed by atoms with Crippen LogP contribution in [0.1, 0.15) is 18.4 Å². The molecule has 0 aromatic heterocycles. The molecule has 1 atom stereocenters. The number of hydrogen-bond acceptors (Lipinski definition) is 4. The van der Waals surface area contributed by atoms with Crippen molar-refractivity contribution in [3.8, 4) is 11.8 Å². The average molecular weight is 308 g/mol. The van der Waals surface area contributed by atoms with E-state index in [0.29, 0.717) is 18.4 Å². The molecule has 3 N–H and O–H groups in total. The normalized spacial score (nSPS) is 18.0. The molecule has 0 bridgehead atoms. The highest BCUT2D eigenvalue weighted by Gasteiger charge is 2.24. The van der Waals surface area contributed by atoms with Gasteiger partial charge in [-0.25, -0.2) is 13.1 Å². The highest BCUT2D eigenvalue weighted by molar-refractivity contribution is 7.89. The molecule has 0 saturated carbocycles. The minimum absolute atomic E-state index is 0.0617. The van der Waals surface area contributed by atoms with Crippen LogP contribution in [0.25, 0.3) is 0 Å². The SMILES string of the molecule is O=C1CCC(CNS(=O)(=O)c2ccccc2C#CCO)N1. The fraction of sp³-hybridized carbons (Fsp3) is 0.357. The van der Waals surface area contributed by atoms with Gasteiger partial charge in [0.2, 0.25) is 15.9 Å². The number of sulfonamides is 1. The van der Waals surface area contributed by atoms with E-state index < -0.39 is 10.0 Å². The van der Waals surface area contributed by atoms with E-state index in [9.17, 15) is 13.2 Å². The fourth-order valence-corrected chi connectivity index (χ4v) is 3.30. The van der Waals surface area contributed by atoms with E-state index in [-0.39, 0.29) is 30.0 Å². The predicted octanol–water partition coefficient (Wildman–Crippen LogP) is -0.413. The van der Waals surface area contributed by atoms with Crippen LogP contribution in [0.2, 0.25) is 0 Å². The van der Waals surface area contributed by atoms with E-state index in [1.807, 2.05) is 0 Å². The first-order valence-corrected chi connectivity index (χ1v) is 7.99. The number of rotatable bonds is 4. The van der Waals surface area contributed by atoms with Crippen molar-refractivity contribution in [3.63, 3.8) is 0 Å². The summed E-state index contributed by atoms with van der Waals surface area (Å²) in [5.74, 6) is 4.99. The molecule has 0 radical (unpaired) electrons. The Morgan fingerprint density at radius 3 is 2.81 bits per heavy atom. The Bertz CT molecular complexity index is 688. The van der Waals surface area contributed by atoms with Gasteiger partial charge in [0.1, 0.15) is 6.61 Å². The van der Waals surface area contributed by atoms with Gasteiger partial charge in [-0.3, -0.25) is 4.79 Å². The van der Waals surface area contributed by atoms with E-state index in [2.05, 4.69) is 21.9 Å². The van der Waals surface area contributed by atoms with Gasteiger partial charge in [-0.05, 0) is 18.6 Å². The molecule has 0 spiro atoms. The monoisotopic (exact) mass is 308 g/mol. The Hall–Kier alpha value is -1.88. The second kappa shape index (κ2) is 6.72. The summed E-state index contributed by atoms with van der Waals surface area (Å²) in [6, 6.07) is 6.14. The summed E-state index contributed by atoms with van der Waals surface area (Å²) >= 11 is 0. The number of benzene rings is 1. The van der Waals surface area contributed by atoms with Gasteiger partial charge in [0, 0.05) is 24.6 Å². The summed E-state index contributed by atoms with van der Waals surface area (Å²) in [4.78, 5) is 11.2. The molecule has 1 fully saturated rings. The number of hydrogen-bond donors (Lipinski definition) is 3. The first-order valence-electron chi connectivity index (χ1n) is 6.51. The van der Waals surface area contributed by atoms with E-state index in [4.69, 9.17) is 5.11 Å². The molecule has 1 aromatic carbocycles. The molecule has 7 heteroatoms. The van der Waals surface area contributed by atoms with Gasteiger partial charge in [0.15, 0.2) is 0 Å². The highest BCUT2D eigenvalue weighted by atomic mass is 32.2. The van der Waals surface area contributed by atoms with Crippen LogP contribution >= 0.6 is 0 Å². The molecule has 1 aromatic rings. The molecule has 1 unspecified atom stereocenters. The third-order valence-electron chi connectivity index (χ3n) is 3.08. The van der Waals surface area contributed by atoms with Crippen molar-refractivity contribution in [1.82, 2.24) is 10.0 Å². The number of carbonyl (C=O) groups excluding carboxylic acids is 1. The minimum Gasteiger partial charge on any atom is -0.384 e. The summed E-state index contributed by atoms with van der Waals surface area (Å²) in [6.07, 6.45) is 1.04. The van der Waals surface area contributed by atoms with E-state index >= 15 is 0 Å². The number of nitrogens with one attached hydrogen (secondary N) is 2. The highest BCUT2D eigenvalue weighted by Crippen LogP contribution is 2.15. The van der Waals surface area contributed by atoms with Crippen LogP contribution in [0.15, 0.2) is 29.2 Å². The summed E-state index contributed by atoms with van der Waals surface area (Å²) < 4.78 is 27.1. The molecular formula is C14H16N2O4S. The van der Waals surface area contributed by atoms with Crippen LogP contribution < -0.4 is 10.0 Å². The lowest BCUT2D eigenvalue weighted by molar-refractivity contribution is -0.119. The van der Waals surface area contributed by atoms with Crippen LogP contribution in [0.5, 0.6) is 0 Å². The quantitative estimate of drug-likeness (QED) is 0.659. The Morgan fingerprint density at radius 1 is 1.38 bits per heavy atom. The zero-order valence-corrected chi connectivity index (χ0v) is 12.1. The van der Waals surface area contributed by atoms with Crippen molar-refractivity contribution >= 4 is 15.9 Å². The van der Waals surface area contributed by atoms with E-state index in [0.717, 1.165) is 0 Å². The molecule has 1 saturated heterocycles. The minimum atomic E-state index is -3.71. The molecule has 1 aliphatic rings. The second-order valence-corrected chi connectivity index (χ2v) is 6.35. The maximum atomic E-state index is 12.3. The lowest BCUT2D eigenvalue weighted by atomic mass is 10.2. The summed E-state index contributed by atoms with van der Waals surface area (Å²) in [7, 11) is -3.71. The lowest BCUT2D eigenvalue weighted by Crippen LogP contribution is -2.38. The first-order chi connectivity index (χ1) is 10.0. The smallest absolute Gasteiger partial charge is 0.241 e. The van der Waals surface area contributed by atoms with Gasteiger partial charge in [-0.1, -0.05) is 24.0 Å². The van der Waals surface area contributed by atoms with Gasteiger partial charge in [-0.15, -0.1) is 0 Å². The summed E-state index contributed by atoms with van der Waals surface area (Å²) in [5, 5.41) is 11.4. The molecule has 0 aliphatic carbocycles. The fourth-order valence-electron chi connectivity index (χ4n) is 2.06. The molecule has 1 heterocycles. The van der Waals surface area contributed by atoms with Crippen molar-refractivity contribution in [1.29, 1.82) is 0 Å². The van der Waals surface area contributed by atoms with Gasteiger partial charge in [-0.2, -0.15) is 0 Å². The van der Waals surface area contributed by atoms with Crippen molar-refractivity contribution in [2.24, 2.45) is 0 Å². The Morgan fingerprint density at radius 2 is 2.14 bits per heavy atom. The Kier molecular flexibility index (Phi) is 4.96. The lowest BCUT2D eigenvalue weighted by Gasteiger charge is -2.12. The van der Waals surface area contributed by atoms with Crippen LogP contribution in [0.4, 0.5) is 0 Å². The molecule has 1 aliphatic heterocycles. The second-order valence-electron chi connectivity index (χ2n) is 4.61. The number of carbonyl (C=O) groups is 1. The first kappa shape index (κ1) is 15.5. The van der Waals surface area contributed by atoms with Gasteiger partial charge < -0.3 is 10.4 Å². The Balaban J connectivity index is 2.14. The van der Waals surface area contributed by atoms with Gasteiger partial charge in [0.05, 0.1) is 4.90 Å². The van der Waals surface area contributed by atoms with Crippen molar-refractivity contribution < 1.29 is 18.3 Å². The maximum Gasteiger partial charge on any atom is 0.241 e. The molecule has 2 rings (SSSR count). The number of aliphatic hydroxyl groups excluding tert-OH is 1. The van der Waals surface area contributed by atoms with Crippen molar-refractivity contribution in [2.45, 2.75) is 23.8 Å². The maximum absolute atomic E-state index is 12.3. The van der Waals surface area contributed by atoms with Gasteiger partial charge in [0.25, 0.3) is 0 Å². The van der Waals surface area contributed by atoms with Crippen LogP contribution in [-0.2, 0) is 14.8 Å². The summed E-state index contributed by atoms with van der Waals surface area (Å²) in [6.45, 7) is -0.189.